The molecule has 0 aliphatic heterocycles. The smallest absolute Gasteiger partial charge is 0.251 e. The van der Waals surface area contributed by atoms with Crippen molar-refractivity contribution in [1.29, 1.82) is 0 Å². The van der Waals surface area contributed by atoms with Gasteiger partial charge in [0.05, 0.1) is 13.1 Å². The van der Waals surface area contributed by atoms with Gasteiger partial charge in [-0.3, -0.25) is 9.59 Å². The third-order valence-electron chi connectivity index (χ3n) is 4.72. The van der Waals surface area contributed by atoms with Crippen LogP contribution < -0.4 is 10.2 Å². The van der Waals surface area contributed by atoms with Crippen molar-refractivity contribution in [3.05, 3.63) is 101 Å². The van der Waals surface area contributed by atoms with E-state index in [1.807, 2.05) is 86.6 Å². The van der Waals surface area contributed by atoms with E-state index in [4.69, 9.17) is 0 Å². The molecule has 4 heteroatoms. The Hall–Kier alpha value is -3.40. The summed E-state index contributed by atoms with van der Waals surface area (Å²) in [6.07, 6.45) is 0. The molecule has 0 bridgehead atoms. The van der Waals surface area contributed by atoms with Gasteiger partial charge in [-0.15, -0.1) is 0 Å². The number of carbonyl (C=O) groups is 2. The van der Waals surface area contributed by atoms with Crippen LogP contribution in [-0.4, -0.2) is 18.4 Å². The minimum atomic E-state index is -0.246. The number of benzene rings is 3. The first kappa shape index (κ1) is 19.4. The summed E-state index contributed by atoms with van der Waals surface area (Å²) in [5.41, 5.74) is 4.57. The van der Waals surface area contributed by atoms with Crippen LogP contribution in [0.1, 0.15) is 27.0 Å². The summed E-state index contributed by atoms with van der Waals surface area (Å²) >= 11 is 0. The van der Waals surface area contributed by atoms with Gasteiger partial charge in [0.15, 0.2) is 0 Å². The van der Waals surface area contributed by atoms with Crippen molar-refractivity contribution in [1.82, 2.24) is 5.32 Å². The molecule has 2 amide bonds. The van der Waals surface area contributed by atoms with Crippen LogP contribution in [0.25, 0.3) is 0 Å². The number of aryl methyl sites for hydroxylation is 2. The van der Waals surface area contributed by atoms with Gasteiger partial charge in [0, 0.05) is 11.3 Å². The molecule has 0 saturated heterocycles. The van der Waals surface area contributed by atoms with Gasteiger partial charge >= 0.3 is 0 Å². The zero-order chi connectivity index (χ0) is 19.9. The second-order valence-electron chi connectivity index (χ2n) is 6.78. The number of hydrogen-bond acceptors (Lipinski definition) is 2. The van der Waals surface area contributed by atoms with E-state index in [1.54, 1.807) is 11.0 Å². The van der Waals surface area contributed by atoms with Gasteiger partial charge < -0.3 is 10.2 Å². The third kappa shape index (κ3) is 4.86. The van der Waals surface area contributed by atoms with E-state index in [1.165, 1.54) is 0 Å². The quantitative estimate of drug-likeness (QED) is 0.703. The Balaban J connectivity index is 1.72. The van der Waals surface area contributed by atoms with E-state index >= 15 is 0 Å². The average Bonchev–Trinajstić information content (AvgIpc) is 2.73. The fourth-order valence-electron chi connectivity index (χ4n) is 2.93. The maximum absolute atomic E-state index is 12.9. The summed E-state index contributed by atoms with van der Waals surface area (Å²) < 4.78 is 0. The first-order valence-corrected chi connectivity index (χ1v) is 9.29. The lowest BCUT2D eigenvalue weighted by atomic mass is 10.1. The highest BCUT2D eigenvalue weighted by molar-refractivity contribution is 6.00. The van der Waals surface area contributed by atoms with Crippen molar-refractivity contribution in [3.63, 3.8) is 0 Å². The molecule has 0 aliphatic carbocycles. The number of rotatable bonds is 6. The highest BCUT2D eigenvalue weighted by Crippen LogP contribution is 2.17. The van der Waals surface area contributed by atoms with E-state index in [-0.39, 0.29) is 18.4 Å². The first-order valence-electron chi connectivity index (χ1n) is 9.29. The number of carbonyl (C=O) groups excluding carboxylic acids is 2. The lowest BCUT2D eigenvalue weighted by Crippen LogP contribution is -2.40. The number of hydrogen-bond donors (Lipinski definition) is 1. The zero-order valence-electron chi connectivity index (χ0n) is 16.2. The van der Waals surface area contributed by atoms with Crippen LogP contribution in [0.5, 0.6) is 0 Å². The van der Waals surface area contributed by atoms with Crippen molar-refractivity contribution in [2.24, 2.45) is 0 Å². The van der Waals surface area contributed by atoms with Crippen LogP contribution in [0.2, 0.25) is 0 Å². The van der Waals surface area contributed by atoms with Crippen molar-refractivity contribution < 1.29 is 9.59 Å². The van der Waals surface area contributed by atoms with E-state index < -0.39 is 0 Å². The van der Waals surface area contributed by atoms with Crippen molar-refractivity contribution in [2.75, 3.05) is 11.4 Å². The molecule has 0 spiro atoms. The van der Waals surface area contributed by atoms with E-state index in [0.29, 0.717) is 12.1 Å². The van der Waals surface area contributed by atoms with Gasteiger partial charge in [0.1, 0.15) is 0 Å². The summed E-state index contributed by atoms with van der Waals surface area (Å²) in [7, 11) is 0. The molecule has 0 heterocycles. The number of amides is 2. The molecule has 0 saturated carbocycles. The van der Waals surface area contributed by atoms with Gasteiger partial charge in [-0.05, 0) is 54.8 Å². The highest BCUT2D eigenvalue weighted by atomic mass is 16.2. The van der Waals surface area contributed by atoms with E-state index in [9.17, 15) is 9.59 Å². The second kappa shape index (κ2) is 9.00. The van der Waals surface area contributed by atoms with E-state index in [0.717, 1.165) is 22.4 Å². The Morgan fingerprint density at radius 2 is 1.46 bits per heavy atom. The van der Waals surface area contributed by atoms with Gasteiger partial charge in [0.25, 0.3) is 5.91 Å². The first-order chi connectivity index (χ1) is 13.5. The second-order valence-corrected chi connectivity index (χ2v) is 6.78. The molecule has 0 aliphatic rings. The molecular weight excluding hydrogens is 348 g/mol. The Bertz CT molecular complexity index is 953. The molecule has 0 radical (unpaired) electrons. The van der Waals surface area contributed by atoms with Crippen LogP contribution in [0.4, 0.5) is 5.69 Å². The van der Waals surface area contributed by atoms with Gasteiger partial charge in [-0.1, -0.05) is 54.6 Å². The van der Waals surface area contributed by atoms with Gasteiger partial charge in [-0.25, -0.2) is 0 Å². The monoisotopic (exact) mass is 372 g/mol. The number of para-hydroxylation sites is 1. The van der Waals surface area contributed by atoms with Crippen molar-refractivity contribution in [2.45, 2.75) is 20.4 Å². The lowest BCUT2D eigenvalue weighted by Gasteiger charge is -2.23. The molecule has 0 aromatic heterocycles. The van der Waals surface area contributed by atoms with Crippen molar-refractivity contribution in [3.8, 4) is 0 Å². The number of nitrogens with one attached hydrogen (secondary N) is 1. The molecule has 0 unspecified atom stereocenters. The van der Waals surface area contributed by atoms with Crippen molar-refractivity contribution >= 4 is 17.5 Å². The predicted molar refractivity (Wildman–Crippen MR) is 112 cm³/mol. The van der Waals surface area contributed by atoms with Gasteiger partial charge in [0.2, 0.25) is 5.91 Å². The summed E-state index contributed by atoms with van der Waals surface area (Å²) in [6, 6.07) is 24.8. The fourth-order valence-corrected chi connectivity index (χ4v) is 2.93. The van der Waals surface area contributed by atoms with Crippen LogP contribution in [0.15, 0.2) is 78.9 Å². The summed E-state index contributed by atoms with van der Waals surface area (Å²) in [5, 5.41) is 2.75. The molecule has 0 fully saturated rings. The topological polar surface area (TPSA) is 49.4 Å². The van der Waals surface area contributed by atoms with Crippen LogP contribution in [-0.2, 0) is 11.3 Å². The Morgan fingerprint density at radius 3 is 2.11 bits per heavy atom. The summed E-state index contributed by atoms with van der Waals surface area (Å²) in [6.45, 7) is 4.35. The minimum absolute atomic E-state index is 0.0620. The molecule has 28 heavy (non-hydrogen) atoms. The Morgan fingerprint density at radius 1 is 0.821 bits per heavy atom. The summed E-state index contributed by atoms with van der Waals surface area (Å²) in [4.78, 5) is 27.1. The van der Waals surface area contributed by atoms with Crippen LogP contribution in [0, 0.1) is 13.8 Å². The van der Waals surface area contributed by atoms with E-state index in [2.05, 4.69) is 5.32 Å². The average molecular weight is 372 g/mol. The molecular formula is C24H24N2O2. The zero-order valence-corrected chi connectivity index (χ0v) is 16.2. The molecule has 3 rings (SSSR count). The van der Waals surface area contributed by atoms with Crippen LogP contribution >= 0.6 is 0 Å². The molecule has 3 aromatic rings. The third-order valence-corrected chi connectivity index (χ3v) is 4.72. The van der Waals surface area contributed by atoms with Crippen LogP contribution in [0.3, 0.4) is 0 Å². The summed E-state index contributed by atoms with van der Waals surface area (Å²) in [5.74, 6) is -0.406. The molecule has 142 valence electrons. The molecule has 1 N–H and O–H groups in total. The number of anilines is 1. The standard InChI is InChI=1S/C24H24N2O2/c1-18-13-14-21(15-19(18)2)24(28)25-16-23(27)26(22-11-7-4-8-12-22)17-20-9-5-3-6-10-20/h3-15H,16-17H2,1-2H3,(H,25,28). The minimum Gasteiger partial charge on any atom is -0.343 e. The lowest BCUT2D eigenvalue weighted by molar-refractivity contribution is -0.117. The maximum Gasteiger partial charge on any atom is 0.251 e. The molecule has 0 atom stereocenters. The Labute approximate surface area is 165 Å². The van der Waals surface area contributed by atoms with Gasteiger partial charge in [-0.2, -0.15) is 0 Å². The Kier molecular flexibility index (Phi) is 6.22. The molecule has 3 aromatic carbocycles. The fraction of sp³-hybridized carbons (Fsp3) is 0.167. The largest absolute Gasteiger partial charge is 0.343 e. The molecule has 4 nitrogen and oxygen atoms in total. The predicted octanol–water partition coefficient (Wildman–Crippen LogP) is 4.27. The maximum atomic E-state index is 12.9. The normalized spacial score (nSPS) is 10.4. The SMILES string of the molecule is Cc1ccc(C(=O)NCC(=O)N(Cc2ccccc2)c2ccccc2)cc1C. The number of nitrogens with zero attached hydrogens (tertiary/aromatic N) is 1. The highest BCUT2D eigenvalue weighted by Gasteiger charge is 2.17.